The molecular formula is C23H26ClNO8S. The minimum Gasteiger partial charge on any atom is -0.491 e. The van der Waals surface area contributed by atoms with Gasteiger partial charge >= 0.3 is 0 Å². The highest BCUT2D eigenvalue weighted by Crippen LogP contribution is 2.40. The first kappa shape index (κ1) is 25.1. The van der Waals surface area contributed by atoms with Gasteiger partial charge in [0.15, 0.2) is 0 Å². The lowest BCUT2D eigenvalue weighted by atomic mass is 9.90. The highest BCUT2D eigenvalue weighted by molar-refractivity contribution is 7.15. The van der Waals surface area contributed by atoms with Crippen molar-refractivity contribution in [3.63, 3.8) is 0 Å². The molecule has 11 heteroatoms. The number of aliphatic hydroxyl groups is 4. The Labute approximate surface area is 205 Å². The summed E-state index contributed by atoms with van der Waals surface area (Å²) >= 11 is 8.03. The van der Waals surface area contributed by atoms with E-state index in [0.29, 0.717) is 34.9 Å². The van der Waals surface area contributed by atoms with Crippen LogP contribution < -0.4 is 4.74 Å². The molecule has 1 aromatic carbocycles. The number of aromatic nitrogens is 1. The molecule has 0 aliphatic carbocycles. The number of hydrogen-bond acceptors (Lipinski definition) is 10. The van der Waals surface area contributed by atoms with Crippen LogP contribution in [0.1, 0.15) is 22.2 Å². The summed E-state index contributed by atoms with van der Waals surface area (Å²) in [6, 6.07) is 7.00. The van der Waals surface area contributed by atoms with E-state index in [-0.39, 0.29) is 6.61 Å². The van der Waals surface area contributed by atoms with Gasteiger partial charge in [-0.05, 0) is 29.8 Å². The molecule has 0 radical (unpaired) electrons. The molecule has 4 rings (SSSR count). The summed E-state index contributed by atoms with van der Waals surface area (Å²) in [5.74, 6) is 1.06. The van der Waals surface area contributed by atoms with E-state index in [1.54, 1.807) is 37.8 Å². The van der Waals surface area contributed by atoms with Gasteiger partial charge in [0.05, 0.1) is 29.4 Å². The van der Waals surface area contributed by atoms with E-state index < -0.39 is 37.1 Å². The van der Waals surface area contributed by atoms with Crippen LogP contribution in [0.3, 0.4) is 0 Å². The van der Waals surface area contributed by atoms with Crippen LogP contribution in [0.2, 0.25) is 5.02 Å². The van der Waals surface area contributed by atoms with Crippen molar-refractivity contribution < 1.29 is 39.1 Å². The van der Waals surface area contributed by atoms with Gasteiger partial charge in [-0.25, -0.2) is 4.98 Å². The van der Waals surface area contributed by atoms with Crippen molar-refractivity contribution in [3.05, 3.63) is 57.9 Å². The second-order valence-electron chi connectivity index (χ2n) is 7.84. The van der Waals surface area contributed by atoms with E-state index in [9.17, 15) is 20.4 Å². The summed E-state index contributed by atoms with van der Waals surface area (Å²) in [5, 5.41) is 41.9. The average Bonchev–Trinajstić information content (AvgIpc) is 3.52. The summed E-state index contributed by atoms with van der Waals surface area (Å²) in [4.78, 5) is 5.34. The number of benzene rings is 1. The number of methoxy groups -OCH3 is 1. The van der Waals surface area contributed by atoms with Gasteiger partial charge in [0.2, 0.25) is 0 Å². The maximum absolute atomic E-state index is 10.7. The molecule has 2 aromatic heterocycles. The molecular weight excluding hydrogens is 486 g/mol. The standard InChI is InChI=1S/C23H26ClNO8S/c1-30-5-6-32-16-9-14(24)12(8-19-25-10-18(34-19)15-3-2-4-31-15)7-13(16)23-22(29)21(28)20(27)17(11-26)33-23/h2-4,7,9-10,17,20-23,26-29H,5-6,8,11H2,1H3/t17-,20-,21+,22-,23+/m1/s1. The molecule has 1 fully saturated rings. The van der Waals surface area contributed by atoms with Crippen molar-refractivity contribution >= 4 is 22.9 Å². The lowest BCUT2D eigenvalue weighted by Gasteiger charge is -2.40. The minimum atomic E-state index is -1.52. The molecule has 1 aliphatic heterocycles. The monoisotopic (exact) mass is 511 g/mol. The lowest BCUT2D eigenvalue weighted by Crippen LogP contribution is -2.55. The van der Waals surface area contributed by atoms with Crippen LogP contribution in [0.5, 0.6) is 5.75 Å². The Hall–Kier alpha value is -2.02. The maximum Gasteiger partial charge on any atom is 0.145 e. The second-order valence-corrected chi connectivity index (χ2v) is 9.37. The Balaban J connectivity index is 1.67. The smallest absolute Gasteiger partial charge is 0.145 e. The van der Waals surface area contributed by atoms with Crippen LogP contribution in [0, 0.1) is 0 Å². The summed E-state index contributed by atoms with van der Waals surface area (Å²) in [6.45, 7) is 0.00811. The summed E-state index contributed by atoms with van der Waals surface area (Å²) in [7, 11) is 1.54. The third kappa shape index (κ3) is 5.29. The molecule has 184 valence electrons. The van der Waals surface area contributed by atoms with Gasteiger partial charge in [-0.15, -0.1) is 11.3 Å². The Morgan fingerprint density at radius 2 is 1.97 bits per heavy atom. The Bertz CT molecular complexity index is 1070. The van der Waals surface area contributed by atoms with E-state index in [1.165, 1.54) is 11.3 Å². The van der Waals surface area contributed by atoms with Crippen LogP contribution in [0.15, 0.2) is 41.1 Å². The van der Waals surface area contributed by atoms with Crippen LogP contribution >= 0.6 is 22.9 Å². The van der Waals surface area contributed by atoms with Gasteiger partial charge in [-0.2, -0.15) is 0 Å². The molecule has 9 nitrogen and oxygen atoms in total. The molecule has 1 aliphatic rings. The quantitative estimate of drug-likeness (QED) is 0.319. The number of ether oxygens (including phenoxy) is 3. The van der Waals surface area contributed by atoms with Crippen LogP contribution in [-0.4, -0.2) is 76.8 Å². The zero-order valence-electron chi connectivity index (χ0n) is 18.3. The first-order valence-corrected chi connectivity index (χ1v) is 11.9. The molecule has 1 saturated heterocycles. The van der Waals surface area contributed by atoms with Crippen LogP contribution in [0.4, 0.5) is 0 Å². The number of furan rings is 1. The molecule has 0 amide bonds. The molecule has 5 atom stereocenters. The van der Waals surface area contributed by atoms with E-state index in [2.05, 4.69) is 4.98 Å². The van der Waals surface area contributed by atoms with E-state index in [4.69, 9.17) is 30.2 Å². The topological polar surface area (TPSA) is 135 Å². The lowest BCUT2D eigenvalue weighted by molar-refractivity contribution is -0.232. The molecule has 0 bridgehead atoms. The van der Waals surface area contributed by atoms with Gasteiger partial charge < -0.3 is 39.1 Å². The predicted molar refractivity (Wildman–Crippen MR) is 124 cm³/mol. The highest BCUT2D eigenvalue weighted by atomic mass is 35.5. The number of aliphatic hydroxyl groups excluding tert-OH is 4. The van der Waals surface area contributed by atoms with Gasteiger partial charge in [-0.1, -0.05) is 11.6 Å². The number of nitrogens with zero attached hydrogens (tertiary/aromatic N) is 1. The van der Waals surface area contributed by atoms with Gasteiger partial charge in [0, 0.05) is 30.3 Å². The number of thiazole rings is 1. The second kappa shape index (κ2) is 11.1. The van der Waals surface area contributed by atoms with Crippen molar-refractivity contribution in [1.29, 1.82) is 0 Å². The predicted octanol–water partition coefficient (Wildman–Crippen LogP) is 2.19. The first-order valence-electron chi connectivity index (χ1n) is 10.7. The zero-order chi connectivity index (χ0) is 24.2. The molecule has 0 spiro atoms. The van der Waals surface area contributed by atoms with Crippen molar-refractivity contribution in [3.8, 4) is 16.4 Å². The average molecular weight is 512 g/mol. The van der Waals surface area contributed by atoms with Crippen molar-refractivity contribution in [2.24, 2.45) is 0 Å². The van der Waals surface area contributed by atoms with Crippen molar-refractivity contribution in [2.75, 3.05) is 26.9 Å². The van der Waals surface area contributed by atoms with Gasteiger partial charge in [0.1, 0.15) is 48.6 Å². The Morgan fingerprint density at radius 1 is 1.15 bits per heavy atom. The number of hydrogen-bond donors (Lipinski definition) is 4. The molecule has 3 heterocycles. The fraction of sp³-hybridized carbons (Fsp3) is 0.435. The third-order valence-electron chi connectivity index (χ3n) is 5.58. The Morgan fingerprint density at radius 3 is 2.68 bits per heavy atom. The third-order valence-corrected chi connectivity index (χ3v) is 6.95. The Kier molecular flexibility index (Phi) is 8.22. The van der Waals surface area contributed by atoms with Crippen LogP contribution in [-0.2, 0) is 15.9 Å². The molecule has 4 N–H and O–H groups in total. The van der Waals surface area contributed by atoms with Gasteiger partial charge in [-0.3, -0.25) is 0 Å². The summed E-state index contributed by atoms with van der Waals surface area (Å²) in [6.07, 6.45) is -2.83. The number of rotatable bonds is 9. The van der Waals surface area contributed by atoms with Crippen molar-refractivity contribution in [1.82, 2.24) is 4.98 Å². The van der Waals surface area contributed by atoms with Gasteiger partial charge in [0.25, 0.3) is 0 Å². The fourth-order valence-corrected chi connectivity index (χ4v) is 4.91. The highest BCUT2D eigenvalue weighted by Gasteiger charge is 2.45. The SMILES string of the molecule is COCCOc1cc(Cl)c(Cc2ncc(-c3ccco3)s2)cc1[C@@H]1O[C@H](CO)[C@@H](O)[C@H](O)[C@H]1O. The molecule has 3 aromatic rings. The minimum absolute atomic E-state index is 0.218. The largest absolute Gasteiger partial charge is 0.491 e. The van der Waals surface area contributed by atoms with E-state index in [1.807, 2.05) is 6.07 Å². The van der Waals surface area contributed by atoms with Crippen molar-refractivity contribution in [2.45, 2.75) is 36.9 Å². The zero-order valence-corrected chi connectivity index (χ0v) is 19.9. The van der Waals surface area contributed by atoms with E-state index in [0.717, 1.165) is 15.6 Å². The van der Waals surface area contributed by atoms with E-state index >= 15 is 0 Å². The molecule has 0 unspecified atom stereocenters. The first-order chi connectivity index (χ1) is 16.4. The molecule has 34 heavy (non-hydrogen) atoms. The molecule has 0 saturated carbocycles. The number of halogens is 1. The summed E-state index contributed by atoms with van der Waals surface area (Å²) in [5.41, 5.74) is 1.13. The summed E-state index contributed by atoms with van der Waals surface area (Å²) < 4.78 is 22.1. The fourth-order valence-electron chi connectivity index (χ4n) is 3.78. The van der Waals surface area contributed by atoms with Crippen LogP contribution in [0.25, 0.3) is 10.6 Å². The maximum atomic E-state index is 10.7. The normalized spacial score (nSPS) is 24.9.